The number of benzene rings is 1. The Morgan fingerprint density at radius 2 is 2.04 bits per heavy atom. The topological polar surface area (TPSA) is 46.5 Å². The van der Waals surface area contributed by atoms with Crippen LogP contribution in [0, 0.1) is 0 Å². The van der Waals surface area contributed by atoms with E-state index in [1.165, 1.54) is 0 Å². The lowest BCUT2D eigenvalue weighted by molar-refractivity contribution is 0.232. The number of aromatic nitrogens is 1. The fraction of sp³-hybridized carbons (Fsp3) is 0.333. The second-order valence-electron chi connectivity index (χ2n) is 5.71. The molecule has 2 heterocycles. The van der Waals surface area contributed by atoms with Crippen LogP contribution in [0.2, 0.25) is 0 Å². The van der Waals surface area contributed by atoms with Gasteiger partial charge in [-0.25, -0.2) is 0 Å². The van der Waals surface area contributed by atoms with Crippen LogP contribution < -0.4 is 15.9 Å². The van der Waals surface area contributed by atoms with Crippen molar-refractivity contribution in [2.45, 2.75) is 19.0 Å². The Morgan fingerprint density at radius 1 is 1.22 bits per heavy atom. The summed E-state index contributed by atoms with van der Waals surface area (Å²) in [7, 11) is 0. The van der Waals surface area contributed by atoms with Crippen molar-refractivity contribution in [1.82, 2.24) is 10.3 Å². The smallest absolute Gasteiger partial charge is 0.127 e. The van der Waals surface area contributed by atoms with Crippen molar-refractivity contribution in [1.29, 1.82) is 0 Å². The van der Waals surface area contributed by atoms with E-state index in [0.29, 0.717) is 25.6 Å². The summed E-state index contributed by atoms with van der Waals surface area (Å²) in [6.45, 7) is 3.86. The number of hydrogen-bond donors (Lipinski definition) is 1. The van der Waals surface area contributed by atoms with Crippen LogP contribution in [-0.2, 0) is 11.3 Å². The van der Waals surface area contributed by atoms with Crippen molar-refractivity contribution in [3.05, 3.63) is 64.9 Å². The summed E-state index contributed by atoms with van der Waals surface area (Å²) in [5.74, 6) is 1.36. The van der Waals surface area contributed by atoms with Crippen LogP contribution in [0.1, 0.15) is 12.6 Å². The molecule has 0 bridgehead atoms. The van der Waals surface area contributed by atoms with Crippen LogP contribution >= 0.6 is 11.6 Å². The van der Waals surface area contributed by atoms with Crippen LogP contribution in [0.25, 0.3) is 5.76 Å². The molecule has 1 atom stereocenters. The molecule has 0 amide bonds. The maximum Gasteiger partial charge on any atom is 0.127 e. The Kier molecular flexibility index (Phi) is 4.94. The normalized spacial score (nSPS) is 19.8. The molecule has 0 saturated carbocycles. The standard InChI is InChI=1S/C18H20ClN3O/c1-18(22-12-14-6-4-5-10-20-14)13-21-16-8-3-2-7-15(16)17(18)23-11-9-19/h2-8,10,22H,9,11-13H2,1H3. The van der Waals surface area contributed by atoms with Crippen molar-refractivity contribution in [2.24, 2.45) is 4.99 Å². The van der Waals surface area contributed by atoms with Crippen molar-refractivity contribution in [3.63, 3.8) is 0 Å². The number of ether oxygens (including phenoxy) is 1. The fourth-order valence-corrected chi connectivity index (χ4v) is 2.80. The molecule has 1 aromatic carbocycles. The molecule has 3 rings (SSSR count). The lowest BCUT2D eigenvalue weighted by Crippen LogP contribution is -2.53. The third-order valence-corrected chi connectivity index (χ3v) is 4.08. The molecule has 0 fully saturated rings. The van der Waals surface area contributed by atoms with Crippen molar-refractivity contribution in [2.75, 3.05) is 19.0 Å². The molecule has 5 heteroatoms. The molecule has 0 spiro atoms. The molecule has 120 valence electrons. The first-order valence-corrected chi connectivity index (χ1v) is 8.24. The molecule has 1 aliphatic heterocycles. The Hall–Kier alpha value is -1.91. The van der Waals surface area contributed by atoms with E-state index in [9.17, 15) is 0 Å². The van der Waals surface area contributed by atoms with Gasteiger partial charge < -0.3 is 4.74 Å². The van der Waals surface area contributed by atoms with E-state index in [1.54, 1.807) is 6.20 Å². The van der Waals surface area contributed by atoms with Gasteiger partial charge in [0.1, 0.15) is 12.4 Å². The summed E-state index contributed by atoms with van der Waals surface area (Å²) in [5.41, 5.74) is 0.613. The Balaban J connectivity index is 1.92. The van der Waals surface area contributed by atoms with Gasteiger partial charge in [-0.3, -0.25) is 15.3 Å². The third-order valence-electron chi connectivity index (χ3n) is 3.92. The maximum absolute atomic E-state index is 6.00. The largest absolute Gasteiger partial charge is 0.494 e. The van der Waals surface area contributed by atoms with E-state index in [2.05, 4.69) is 17.2 Å². The van der Waals surface area contributed by atoms with Gasteiger partial charge in [-0.05, 0) is 31.2 Å². The number of pyridine rings is 1. The Labute approximate surface area is 140 Å². The summed E-state index contributed by atoms with van der Waals surface area (Å²) in [5, 5.41) is 5.55. The number of alkyl halides is 1. The van der Waals surface area contributed by atoms with Crippen LogP contribution in [-0.4, -0.2) is 29.6 Å². The van der Waals surface area contributed by atoms with Gasteiger partial charge in [-0.2, -0.15) is 0 Å². The molecule has 1 aromatic heterocycles. The predicted octanol–water partition coefficient (Wildman–Crippen LogP) is 1.63. The van der Waals surface area contributed by atoms with E-state index in [-0.39, 0.29) is 5.54 Å². The monoisotopic (exact) mass is 329 g/mol. The van der Waals surface area contributed by atoms with Gasteiger partial charge >= 0.3 is 0 Å². The Morgan fingerprint density at radius 3 is 2.83 bits per heavy atom. The van der Waals surface area contributed by atoms with Gasteiger partial charge in [-0.1, -0.05) is 18.2 Å². The van der Waals surface area contributed by atoms with Crippen molar-refractivity contribution in [3.8, 4) is 0 Å². The summed E-state index contributed by atoms with van der Waals surface area (Å²) < 4.78 is 6.00. The highest BCUT2D eigenvalue weighted by atomic mass is 35.5. The number of halogens is 1. The number of fused-ring (bicyclic) bond motifs is 1. The Bertz CT molecular complexity index is 778. The quantitative estimate of drug-likeness (QED) is 0.819. The highest BCUT2D eigenvalue weighted by molar-refractivity contribution is 6.18. The second kappa shape index (κ2) is 7.11. The summed E-state index contributed by atoms with van der Waals surface area (Å²) >= 11 is 5.82. The van der Waals surface area contributed by atoms with E-state index in [1.807, 2.05) is 42.5 Å². The molecule has 1 N–H and O–H groups in total. The zero-order chi connectivity index (χ0) is 16.1. The second-order valence-corrected chi connectivity index (χ2v) is 6.08. The summed E-state index contributed by atoms with van der Waals surface area (Å²) in [4.78, 5) is 9.06. The van der Waals surface area contributed by atoms with E-state index in [0.717, 1.165) is 22.0 Å². The molecule has 0 aliphatic carbocycles. The number of nitrogens with one attached hydrogen (secondary N) is 1. The minimum Gasteiger partial charge on any atom is -0.494 e. The van der Waals surface area contributed by atoms with Crippen LogP contribution in [0.4, 0.5) is 0 Å². The first-order valence-electron chi connectivity index (χ1n) is 7.71. The molecule has 2 aromatic rings. The average molecular weight is 330 g/mol. The summed E-state index contributed by atoms with van der Waals surface area (Å²) in [6, 6.07) is 14.0. The van der Waals surface area contributed by atoms with E-state index < -0.39 is 0 Å². The zero-order valence-electron chi connectivity index (χ0n) is 13.1. The summed E-state index contributed by atoms with van der Waals surface area (Å²) in [6.07, 6.45) is 1.80. The molecular weight excluding hydrogens is 310 g/mol. The van der Waals surface area contributed by atoms with Gasteiger partial charge in [0.25, 0.3) is 0 Å². The highest BCUT2D eigenvalue weighted by Gasteiger charge is 2.33. The number of para-hydroxylation sites is 1. The van der Waals surface area contributed by atoms with Crippen LogP contribution in [0.15, 0.2) is 53.7 Å². The first-order chi connectivity index (χ1) is 11.2. The zero-order valence-corrected chi connectivity index (χ0v) is 13.9. The lowest BCUT2D eigenvalue weighted by atomic mass is 9.95. The molecule has 1 aliphatic rings. The maximum atomic E-state index is 6.00. The first kappa shape index (κ1) is 16.0. The van der Waals surface area contributed by atoms with Gasteiger partial charge in [0, 0.05) is 18.0 Å². The SMILES string of the molecule is CC1(NCc2ccccn2)CN=c2ccccc2=C1OCCCl. The molecular formula is C18H20ClN3O. The fourth-order valence-electron chi connectivity index (χ4n) is 2.72. The molecule has 0 radical (unpaired) electrons. The van der Waals surface area contributed by atoms with Crippen LogP contribution in [0.3, 0.4) is 0 Å². The predicted molar refractivity (Wildman–Crippen MR) is 91.7 cm³/mol. The molecule has 0 saturated heterocycles. The van der Waals surface area contributed by atoms with Gasteiger partial charge in [-0.15, -0.1) is 11.6 Å². The highest BCUT2D eigenvalue weighted by Crippen LogP contribution is 2.21. The molecule has 1 unspecified atom stereocenters. The van der Waals surface area contributed by atoms with Gasteiger partial charge in [0.05, 0.1) is 29.0 Å². The van der Waals surface area contributed by atoms with E-state index >= 15 is 0 Å². The number of nitrogens with zero attached hydrogens (tertiary/aromatic N) is 2. The number of hydrogen-bond acceptors (Lipinski definition) is 4. The van der Waals surface area contributed by atoms with Gasteiger partial charge in [0.2, 0.25) is 0 Å². The van der Waals surface area contributed by atoms with Crippen molar-refractivity contribution >= 4 is 17.4 Å². The lowest BCUT2D eigenvalue weighted by Gasteiger charge is -2.33. The minimum absolute atomic E-state index is 0.377. The van der Waals surface area contributed by atoms with E-state index in [4.69, 9.17) is 21.3 Å². The molecule has 4 nitrogen and oxygen atoms in total. The minimum atomic E-state index is -0.377. The van der Waals surface area contributed by atoms with Crippen molar-refractivity contribution < 1.29 is 4.74 Å². The third kappa shape index (κ3) is 3.54. The number of rotatable bonds is 6. The average Bonchev–Trinajstić information content (AvgIpc) is 2.60. The van der Waals surface area contributed by atoms with Crippen LogP contribution in [0.5, 0.6) is 0 Å². The van der Waals surface area contributed by atoms with Gasteiger partial charge in [0.15, 0.2) is 0 Å². The molecule has 23 heavy (non-hydrogen) atoms.